The lowest BCUT2D eigenvalue weighted by molar-refractivity contribution is -0.149. The first-order chi connectivity index (χ1) is 53.6. The van der Waals surface area contributed by atoms with Crippen LogP contribution in [0.5, 0.6) is 5.75 Å². The fourth-order valence-electron chi connectivity index (χ4n) is 13.0. The Kier molecular flexibility index (Phi) is 42.2. The van der Waals surface area contributed by atoms with E-state index in [9.17, 15) is 97.5 Å². The number of likely N-dealkylation sites (tertiary alicyclic amines) is 2. The van der Waals surface area contributed by atoms with Crippen LogP contribution in [0.15, 0.2) is 34.3 Å². The first kappa shape index (κ1) is 97.7. The Morgan fingerprint density at radius 2 is 0.904 bits per heavy atom. The molecule has 0 aromatic heterocycles. The lowest BCUT2D eigenvalue weighted by Crippen LogP contribution is -2.63. The summed E-state index contributed by atoms with van der Waals surface area (Å²) >= 11 is 0. The number of carbonyl (C=O) groups is 15. The maximum Gasteiger partial charge on any atom is 0.326 e. The lowest BCUT2D eigenvalue weighted by Gasteiger charge is -2.35. The highest BCUT2D eigenvalue weighted by Gasteiger charge is 2.46. The van der Waals surface area contributed by atoms with Gasteiger partial charge in [-0.15, -0.1) is 0 Å². The molecule has 15 atom stereocenters. The van der Waals surface area contributed by atoms with Crippen molar-refractivity contribution in [2.75, 3.05) is 32.7 Å². The molecule has 2 fully saturated rings. The van der Waals surface area contributed by atoms with Crippen LogP contribution >= 0.6 is 0 Å². The van der Waals surface area contributed by atoms with Crippen molar-refractivity contribution in [2.45, 2.75) is 269 Å². The molecule has 27 N–H and O–H groups in total. The van der Waals surface area contributed by atoms with Gasteiger partial charge in [0.2, 0.25) is 70.9 Å². The van der Waals surface area contributed by atoms with Crippen LogP contribution < -0.4 is 87.6 Å². The molecule has 0 spiro atoms. The minimum Gasteiger partial charge on any atom is -0.508 e. The summed E-state index contributed by atoms with van der Waals surface area (Å²) in [5, 5.41) is 76.1. The van der Waals surface area contributed by atoms with Gasteiger partial charge >= 0.3 is 17.9 Å². The first-order valence-electron chi connectivity index (χ1n) is 38.9. The van der Waals surface area contributed by atoms with Crippen molar-refractivity contribution in [1.82, 2.24) is 63.0 Å². The highest BCUT2D eigenvalue weighted by Crippen LogP contribution is 2.28. The number of carbonyl (C=O) groups excluding carboxylic acids is 12. The molecule has 640 valence electrons. The SMILES string of the molecule is CC[C@H](C)[C@H](NC(=O)[C@@H](NC(=O)[C@@H](NC(=O)[C@H](CCC(=O)O)NC(=O)[C@@H](N)CCCN=C(N)N)C(C)C)[C@@H](C)O)C(=O)N1CCC[C@H]1C(=O)N1CCC[C@H]1C(=O)N[C@@H](CCCCN)C(=O)N[C@@H](Cc1ccc(O)cc1)C(=O)N[C@@H](CCCN=C(N)N)C(=O)N[C@@H](CCC(=O)O)C(=O)N[C@@H](CC(C)C)C(=O)N[C@@H](CC(C)C)C(=O)O. The molecule has 2 aliphatic rings. The molecule has 2 aliphatic heterocycles. The van der Waals surface area contributed by atoms with Crippen molar-refractivity contribution in [2.24, 2.45) is 68.1 Å². The Morgan fingerprint density at radius 3 is 1.40 bits per heavy atom. The number of nitrogens with zero attached hydrogens (tertiary/aromatic N) is 4. The monoisotopic (exact) mass is 1610 g/mol. The summed E-state index contributed by atoms with van der Waals surface area (Å²) in [6.07, 6.45) is -2.25. The van der Waals surface area contributed by atoms with E-state index in [-0.39, 0.29) is 133 Å². The van der Waals surface area contributed by atoms with Crippen molar-refractivity contribution < 1.29 is 97.5 Å². The summed E-state index contributed by atoms with van der Waals surface area (Å²) < 4.78 is 0. The van der Waals surface area contributed by atoms with Gasteiger partial charge in [0.25, 0.3) is 0 Å². The van der Waals surface area contributed by atoms with Gasteiger partial charge in [0.1, 0.15) is 78.3 Å². The Hall–Kier alpha value is -10.5. The zero-order valence-corrected chi connectivity index (χ0v) is 66.8. The maximum atomic E-state index is 15.0. The number of hydrogen-bond acceptors (Lipinski definition) is 21. The zero-order chi connectivity index (χ0) is 85.8. The molecule has 114 heavy (non-hydrogen) atoms. The molecule has 40 heteroatoms. The number of aliphatic hydroxyl groups is 1. The third-order valence-corrected chi connectivity index (χ3v) is 19.4. The average molecular weight is 1610 g/mol. The number of carboxylic acids is 3. The smallest absolute Gasteiger partial charge is 0.326 e. The fraction of sp³-hybridized carbons (Fsp3) is 0.689. The molecule has 0 unspecified atom stereocenters. The topological polar surface area (TPSA) is 665 Å². The maximum absolute atomic E-state index is 15.0. The van der Waals surface area contributed by atoms with Crippen LogP contribution in [0.25, 0.3) is 0 Å². The van der Waals surface area contributed by atoms with Gasteiger partial charge in [-0.1, -0.05) is 73.9 Å². The number of rotatable bonds is 51. The van der Waals surface area contributed by atoms with Crippen molar-refractivity contribution in [3.63, 3.8) is 0 Å². The predicted octanol–water partition coefficient (Wildman–Crippen LogP) is -3.68. The third kappa shape index (κ3) is 33.7. The van der Waals surface area contributed by atoms with Gasteiger partial charge in [0.15, 0.2) is 11.9 Å². The molecule has 12 amide bonds. The third-order valence-electron chi connectivity index (χ3n) is 19.4. The number of guanidine groups is 2. The Morgan fingerprint density at radius 1 is 0.482 bits per heavy atom. The number of carboxylic acid groups (broad SMARTS) is 3. The number of nitrogens with two attached hydrogens (primary N) is 6. The van der Waals surface area contributed by atoms with E-state index in [1.54, 1.807) is 55.4 Å². The first-order valence-corrected chi connectivity index (χ1v) is 38.9. The normalized spacial score (nSPS) is 17.4. The van der Waals surface area contributed by atoms with Crippen molar-refractivity contribution in [3.05, 3.63) is 29.8 Å². The summed E-state index contributed by atoms with van der Waals surface area (Å²) in [4.78, 5) is 219. The molecule has 2 heterocycles. The van der Waals surface area contributed by atoms with Gasteiger partial charge in [0, 0.05) is 45.4 Å². The summed E-state index contributed by atoms with van der Waals surface area (Å²) in [6, 6.07) is -13.0. The van der Waals surface area contributed by atoms with E-state index >= 15 is 0 Å². The van der Waals surface area contributed by atoms with Gasteiger partial charge in [0.05, 0.1) is 12.1 Å². The van der Waals surface area contributed by atoms with Crippen LogP contribution in [0, 0.1) is 23.7 Å². The highest BCUT2D eigenvalue weighted by molar-refractivity contribution is 6.00. The number of aliphatic imine (C=N–C) groups is 2. The molecule has 0 radical (unpaired) electrons. The van der Waals surface area contributed by atoms with Crippen LogP contribution in [0.4, 0.5) is 0 Å². The van der Waals surface area contributed by atoms with Gasteiger partial charge in [-0.3, -0.25) is 77.1 Å². The van der Waals surface area contributed by atoms with Crippen LogP contribution in [-0.2, 0) is 78.3 Å². The quantitative estimate of drug-likeness (QED) is 0.0170. The fourth-order valence-corrected chi connectivity index (χ4v) is 13.0. The van der Waals surface area contributed by atoms with Gasteiger partial charge < -0.3 is 123 Å². The Balaban J connectivity index is 1.96. The predicted molar refractivity (Wildman–Crippen MR) is 418 cm³/mol. The van der Waals surface area contributed by atoms with E-state index < -0.39 is 211 Å². The summed E-state index contributed by atoms with van der Waals surface area (Å²) in [7, 11) is 0. The zero-order valence-electron chi connectivity index (χ0n) is 66.8. The molecule has 1 aromatic rings. The van der Waals surface area contributed by atoms with Crippen molar-refractivity contribution >= 4 is 101 Å². The summed E-state index contributed by atoms with van der Waals surface area (Å²) in [5.74, 6) is -17.0. The van der Waals surface area contributed by atoms with Gasteiger partial charge in [-0.2, -0.15) is 0 Å². The molecule has 1 aromatic carbocycles. The number of unbranched alkanes of at least 4 members (excludes halogenated alkanes) is 1. The summed E-state index contributed by atoms with van der Waals surface area (Å²) in [5.41, 5.74) is 34.2. The number of nitrogens with one attached hydrogen (secondary N) is 10. The van der Waals surface area contributed by atoms with E-state index in [4.69, 9.17) is 34.4 Å². The Labute approximate surface area is 663 Å². The Bertz CT molecular complexity index is 3480. The summed E-state index contributed by atoms with van der Waals surface area (Å²) in [6.45, 7) is 15.0. The van der Waals surface area contributed by atoms with Crippen LogP contribution in [0.3, 0.4) is 0 Å². The highest BCUT2D eigenvalue weighted by atomic mass is 16.4. The number of aliphatic hydroxyl groups excluding tert-OH is 1. The van der Waals surface area contributed by atoms with Crippen molar-refractivity contribution in [3.8, 4) is 5.75 Å². The number of benzene rings is 1. The molecule has 3 rings (SSSR count). The second-order valence-electron chi connectivity index (χ2n) is 30.3. The van der Waals surface area contributed by atoms with E-state index in [1.165, 1.54) is 41.0 Å². The van der Waals surface area contributed by atoms with Gasteiger partial charge in [-0.05, 0) is 151 Å². The number of phenols is 1. The lowest BCUT2D eigenvalue weighted by atomic mass is 9.96. The van der Waals surface area contributed by atoms with Gasteiger partial charge in [-0.25, -0.2) is 4.79 Å². The number of amides is 12. The number of aliphatic carboxylic acids is 3. The second kappa shape index (κ2) is 49.2. The molecule has 2 saturated heterocycles. The second-order valence-corrected chi connectivity index (χ2v) is 30.3. The standard InChI is InChI=1S/C74H124N20O20/c1-10-41(8)58(91-69(110)59(42(9)95)92-68(109)57(40(6)7)90-64(105)49(27-29-56(99)100)83-60(101)45(76)17-13-31-81-73(77)78)71(112)94-34-16-21-54(94)70(111)93-33-15-20-53(93)67(108)86-46(18-11-12-30-75)62(103)88-51(37-43-22-24-44(96)25-23-43)66(107)84-47(19-14-32-82-74(79)80)61(102)85-48(26-28-55(97)98)63(104)87-50(35-38(2)3)65(106)89-52(72(113)114)36-39(4)5/h22-25,38-42,45-54,57-59,95-96H,10-21,26-37,75-76H2,1-9H3,(H,83,101)(H,84,107)(H,85,102)(H,86,108)(H,87,104)(H,88,103)(H,89,106)(H,90,105)(H,91,110)(H,92,109)(H,97,98)(H,99,100)(H,113,114)(H4,77,78,81)(H4,79,80,82)/t41-,42+,45-,46-,47-,48-,49-,50-,51-,52-,53-,54-,57-,58-,59-/m0/s1. The molecule has 0 saturated carbocycles. The van der Waals surface area contributed by atoms with E-state index in [0.717, 1.165) is 0 Å². The number of aromatic hydroxyl groups is 1. The minimum absolute atomic E-state index is 0.00835. The van der Waals surface area contributed by atoms with E-state index in [1.807, 2.05) is 0 Å². The largest absolute Gasteiger partial charge is 0.508 e. The number of hydrogen-bond donors (Lipinski definition) is 21. The molecule has 40 nitrogen and oxygen atoms in total. The number of phenolic OH excluding ortho intramolecular Hbond substituents is 1. The van der Waals surface area contributed by atoms with E-state index in [0.29, 0.717) is 31.2 Å². The molecular weight excluding hydrogens is 1490 g/mol. The van der Waals surface area contributed by atoms with Crippen LogP contribution in [-0.4, -0.2) is 253 Å². The minimum atomic E-state index is -1.76. The van der Waals surface area contributed by atoms with E-state index in [2.05, 4.69) is 63.2 Å². The molecular formula is C74H124N20O20. The van der Waals surface area contributed by atoms with Crippen LogP contribution in [0.1, 0.15) is 183 Å². The average Bonchev–Trinajstić information content (AvgIpc) is 1.66. The van der Waals surface area contributed by atoms with Crippen molar-refractivity contribution in [1.29, 1.82) is 0 Å². The molecule has 0 aliphatic carbocycles. The molecule has 0 bridgehead atoms. The van der Waals surface area contributed by atoms with Crippen LogP contribution in [0.2, 0.25) is 0 Å².